The molecule has 1 aromatic rings. The summed E-state index contributed by atoms with van der Waals surface area (Å²) in [5.74, 6) is 1.56. The molecule has 0 bridgehead atoms. The summed E-state index contributed by atoms with van der Waals surface area (Å²) in [5, 5.41) is 8.90. The fourth-order valence-corrected chi connectivity index (χ4v) is 3.36. The van der Waals surface area contributed by atoms with Crippen LogP contribution < -0.4 is 4.74 Å². The van der Waals surface area contributed by atoms with Crippen LogP contribution in [0, 0.1) is 17.2 Å². The second-order valence-corrected chi connectivity index (χ2v) is 6.36. The van der Waals surface area contributed by atoms with Crippen LogP contribution in [0.15, 0.2) is 24.3 Å². The maximum atomic E-state index is 8.90. The fraction of sp³-hybridized carbons (Fsp3) is 0.611. The number of morpholine rings is 1. The average Bonchev–Trinajstić information content (AvgIpc) is 3.03. The highest BCUT2D eigenvalue weighted by molar-refractivity contribution is 5.36. The predicted octanol–water partition coefficient (Wildman–Crippen LogP) is 1.59. The number of nitriles is 1. The molecule has 0 saturated carbocycles. The first-order chi connectivity index (χ1) is 11.3. The Hall–Kier alpha value is -1.61. The number of rotatable bonds is 6. The lowest BCUT2D eigenvalue weighted by Gasteiger charge is -2.29. The summed E-state index contributed by atoms with van der Waals surface area (Å²) >= 11 is 0. The van der Waals surface area contributed by atoms with E-state index >= 15 is 0 Å². The average molecular weight is 315 g/mol. The molecule has 5 heteroatoms. The molecule has 2 aliphatic heterocycles. The quantitative estimate of drug-likeness (QED) is 0.798. The van der Waals surface area contributed by atoms with Crippen LogP contribution in [0.1, 0.15) is 12.0 Å². The lowest BCUT2D eigenvalue weighted by atomic mass is 10.1. The van der Waals surface area contributed by atoms with Crippen molar-refractivity contribution in [1.29, 1.82) is 5.26 Å². The van der Waals surface area contributed by atoms with Crippen LogP contribution in [-0.2, 0) is 4.74 Å². The molecule has 0 N–H and O–H groups in total. The van der Waals surface area contributed by atoms with Gasteiger partial charge in [-0.15, -0.1) is 0 Å². The zero-order valence-electron chi connectivity index (χ0n) is 13.6. The van der Waals surface area contributed by atoms with Crippen molar-refractivity contribution in [2.24, 2.45) is 5.92 Å². The molecule has 23 heavy (non-hydrogen) atoms. The summed E-state index contributed by atoms with van der Waals surface area (Å²) in [5.41, 5.74) is 0.647. The Morgan fingerprint density at radius 2 is 2.09 bits per heavy atom. The predicted molar refractivity (Wildman–Crippen MR) is 88.5 cm³/mol. The smallest absolute Gasteiger partial charge is 0.120 e. The molecule has 2 aliphatic rings. The normalized spacial score (nSPS) is 22.8. The summed E-state index contributed by atoms with van der Waals surface area (Å²) in [6, 6.07) is 9.50. The van der Waals surface area contributed by atoms with Crippen LogP contribution in [0.2, 0.25) is 0 Å². The van der Waals surface area contributed by atoms with Gasteiger partial charge >= 0.3 is 0 Å². The van der Waals surface area contributed by atoms with E-state index in [4.69, 9.17) is 14.7 Å². The summed E-state index contributed by atoms with van der Waals surface area (Å²) in [4.78, 5) is 5.01. The Morgan fingerprint density at radius 1 is 1.22 bits per heavy atom. The van der Waals surface area contributed by atoms with Gasteiger partial charge in [0.05, 0.1) is 24.8 Å². The standard InChI is InChI=1S/C18H25N3O2/c19-13-16-2-1-3-18(12-16)23-11-8-20-5-4-17(14-20)15-21-6-9-22-10-7-21/h1-3,12,17H,4-11,14-15H2. The molecule has 5 nitrogen and oxygen atoms in total. The van der Waals surface area contributed by atoms with Gasteiger partial charge in [-0.25, -0.2) is 0 Å². The molecule has 0 aliphatic carbocycles. The van der Waals surface area contributed by atoms with Crippen molar-refractivity contribution in [3.8, 4) is 11.8 Å². The third-order valence-electron chi connectivity index (χ3n) is 4.63. The van der Waals surface area contributed by atoms with E-state index in [1.54, 1.807) is 12.1 Å². The minimum atomic E-state index is 0.647. The van der Waals surface area contributed by atoms with Crippen molar-refractivity contribution in [3.05, 3.63) is 29.8 Å². The van der Waals surface area contributed by atoms with Crippen LogP contribution >= 0.6 is 0 Å². The summed E-state index contributed by atoms with van der Waals surface area (Å²) in [7, 11) is 0. The van der Waals surface area contributed by atoms with Crippen molar-refractivity contribution in [2.75, 3.05) is 59.1 Å². The molecule has 124 valence electrons. The zero-order valence-corrected chi connectivity index (χ0v) is 13.6. The molecule has 0 aromatic heterocycles. The molecule has 2 fully saturated rings. The van der Waals surface area contributed by atoms with E-state index in [1.807, 2.05) is 12.1 Å². The first-order valence-corrected chi connectivity index (χ1v) is 8.49. The molecule has 0 spiro atoms. The van der Waals surface area contributed by atoms with E-state index in [2.05, 4.69) is 15.9 Å². The fourth-order valence-electron chi connectivity index (χ4n) is 3.36. The number of hydrogen-bond donors (Lipinski definition) is 0. The van der Waals surface area contributed by atoms with Crippen molar-refractivity contribution in [1.82, 2.24) is 9.80 Å². The van der Waals surface area contributed by atoms with Gasteiger partial charge in [0, 0.05) is 32.7 Å². The first kappa shape index (κ1) is 16.3. The topological polar surface area (TPSA) is 48.7 Å². The molecule has 0 amide bonds. The van der Waals surface area contributed by atoms with Gasteiger partial charge in [-0.1, -0.05) is 6.07 Å². The second-order valence-electron chi connectivity index (χ2n) is 6.36. The van der Waals surface area contributed by atoms with Crippen molar-refractivity contribution in [3.63, 3.8) is 0 Å². The van der Waals surface area contributed by atoms with Gasteiger partial charge in [0.1, 0.15) is 12.4 Å². The van der Waals surface area contributed by atoms with Gasteiger partial charge in [0.2, 0.25) is 0 Å². The second kappa shape index (κ2) is 8.30. The largest absolute Gasteiger partial charge is 0.492 e. The Balaban J connectivity index is 1.36. The molecule has 2 heterocycles. The Morgan fingerprint density at radius 3 is 2.91 bits per heavy atom. The van der Waals surface area contributed by atoms with E-state index < -0.39 is 0 Å². The highest BCUT2D eigenvalue weighted by Gasteiger charge is 2.24. The van der Waals surface area contributed by atoms with Gasteiger partial charge in [-0.05, 0) is 37.1 Å². The molecule has 1 aromatic carbocycles. The molecule has 1 unspecified atom stereocenters. The monoisotopic (exact) mass is 315 g/mol. The van der Waals surface area contributed by atoms with E-state index in [-0.39, 0.29) is 0 Å². The third kappa shape index (κ3) is 4.93. The molecular weight excluding hydrogens is 290 g/mol. The van der Waals surface area contributed by atoms with Crippen molar-refractivity contribution < 1.29 is 9.47 Å². The number of nitrogens with zero attached hydrogens (tertiary/aromatic N) is 3. The highest BCUT2D eigenvalue weighted by Crippen LogP contribution is 2.18. The maximum Gasteiger partial charge on any atom is 0.120 e. The Bertz CT molecular complexity index is 537. The lowest BCUT2D eigenvalue weighted by Crippen LogP contribution is -2.40. The number of ether oxygens (including phenoxy) is 2. The number of likely N-dealkylation sites (tertiary alicyclic amines) is 1. The molecule has 0 radical (unpaired) electrons. The van der Waals surface area contributed by atoms with E-state index in [9.17, 15) is 0 Å². The van der Waals surface area contributed by atoms with Crippen molar-refractivity contribution >= 4 is 0 Å². The zero-order chi connectivity index (χ0) is 15.9. The third-order valence-corrected chi connectivity index (χ3v) is 4.63. The molecule has 3 rings (SSSR count). The molecule has 1 atom stereocenters. The Labute approximate surface area is 138 Å². The Kier molecular flexibility index (Phi) is 5.87. The van der Waals surface area contributed by atoms with E-state index in [0.717, 1.165) is 51.1 Å². The van der Waals surface area contributed by atoms with Crippen LogP contribution in [0.25, 0.3) is 0 Å². The number of benzene rings is 1. The number of hydrogen-bond acceptors (Lipinski definition) is 5. The van der Waals surface area contributed by atoms with Crippen LogP contribution in [-0.4, -0.2) is 68.9 Å². The molecular formula is C18H25N3O2. The minimum absolute atomic E-state index is 0.647. The van der Waals surface area contributed by atoms with Gasteiger partial charge in [-0.2, -0.15) is 5.26 Å². The lowest BCUT2D eigenvalue weighted by molar-refractivity contribution is 0.0311. The van der Waals surface area contributed by atoms with Crippen LogP contribution in [0.3, 0.4) is 0 Å². The maximum absolute atomic E-state index is 8.90. The minimum Gasteiger partial charge on any atom is -0.492 e. The van der Waals surface area contributed by atoms with E-state index in [1.165, 1.54) is 19.5 Å². The summed E-state index contributed by atoms with van der Waals surface area (Å²) in [6.07, 6.45) is 1.28. The van der Waals surface area contributed by atoms with Gasteiger partial charge < -0.3 is 9.47 Å². The molecule has 2 saturated heterocycles. The van der Waals surface area contributed by atoms with Crippen LogP contribution in [0.5, 0.6) is 5.75 Å². The van der Waals surface area contributed by atoms with Crippen LogP contribution in [0.4, 0.5) is 0 Å². The van der Waals surface area contributed by atoms with E-state index in [0.29, 0.717) is 12.2 Å². The van der Waals surface area contributed by atoms with Gasteiger partial charge in [-0.3, -0.25) is 9.80 Å². The summed E-state index contributed by atoms with van der Waals surface area (Å²) in [6.45, 7) is 9.08. The first-order valence-electron chi connectivity index (χ1n) is 8.49. The van der Waals surface area contributed by atoms with Gasteiger partial charge in [0.15, 0.2) is 0 Å². The summed E-state index contributed by atoms with van der Waals surface area (Å²) < 4.78 is 11.2. The SMILES string of the molecule is N#Cc1cccc(OCCN2CCC(CN3CCOCC3)C2)c1. The van der Waals surface area contributed by atoms with Crippen molar-refractivity contribution in [2.45, 2.75) is 6.42 Å². The highest BCUT2D eigenvalue weighted by atomic mass is 16.5. The van der Waals surface area contributed by atoms with Gasteiger partial charge in [0.25, 0.3) is 0 Å².